The Morgan fingerprint density at radius 2 is 1.80 bits per heavy atom. The smallest absolute Gasteiger partial charge is 0.416 e. The topological polar surface area (TPSA) is 22.1 Å². The molecule has 2 aromatic rings. The molecule has 0 bridgehead atoms. The molecular weight excluding hydrogens is 314 g/mol. The molecule has 0 atom stereocenters. The van der Waals surface area contributed by atoms with Crippen molar-refractivity contribution in [1.82, 2.24) is 4.98 Å². The molecule has 0 radical (unpaired) electrons. The van der Waals surface area contributed by atoms with Crippen LogP contribution in [0.2, 0.25) is 10.2 Å². The molecule has 0 unspecified atom stereocenters. The number of ether oxygens (including phenoxy) is 1. The van der Waals surface area contributed by atoms with Gasteiger partial charge in [0.15, 0.2) is 0 Å². The van der Waals surface area contributed by atoms with Gasteiger partial charge in [-0.1, -0.05) is 29.3 Å². The van der Waals surface area contributed by atoms with Crippen molar-refractivity contribution in [2.45, 2.75) is 13.1 Å². The molecule has 7 heteroatoms. The van der Waals surface area contributed by atoms with Crippen LogP contribution in [0.15, 0.2) is 30.3 Å². The van der Waals surface area contributed by atoms with Crippen molar-refractivity contribution in [1.29, 1.82) is 0 Å². The van der Waals surface area contributed by atoms with Gasteiger partial charge in [-0.3, -0.25) is 0 Å². The second-order valence-electron chi connectivity index (χ2n) is 4.05. The van der Waals surface area contributed by atoms with Crippen molar-refractivity contribution in [2.24, 2.45) is 0 Å². The highest BCUT2D eigenvalue weighted by molar-refractivity contribution is 6.32. The summed E-state index contributed by atoms with van der Waals surface area (Å²) in [5, 5.41) is -0.0375. The average molecular weight is 322 g/mol. The lowest BCUT2D eigenvalue weighted by Crippen LogP contribution is -2.05. The van der Waals surface area contributed by atoms with Gasteiger partial charge in [-0.05, 0) is 30.7 Å². The Hall–Kier alpha value is -1.46. The van der Waals surface area contributed by atoms with Gasteiger partial charge >= 0.3 is 6.18 Å². The third-order valence-corrected chi connectivity index (χ3v) is 2.91. The van der Waals surface area contributed by atoms with E-state index in [4.69, 9.17) is 27.9 Å². The van der Waals surface area contributed by atoms with Gasteiger partial charge in [0.1, 0.15) is 10.9 Å². The number of hydrogen-bond acceptors (Lipinski definition) is 2. The lowest BCUT2D eigenvalue weighted by atomic mass is 10.2. The Balaban J connectivity index is 2.39. The predicted molar refractivity (Wildman–Crippen MR) is 70.5 cm³/mol. The molecule has 0 spiro atoms. The maximum atomic E-state index is 12.7. The summed E-state index contributed by atoms with van der Waals surface area (Å²) in [7, 11) is 0. The number of pyridine rings is 1. The van der Waals surface area contributed by atoms with Crippen LogP contribution in [0.3, 0.4) is 0 Å². The van der Waals surface area contributed by atoms with Crippen LogP contribution in [0.4, 0.5) is 13.2 Å². The van der Waals surface area contributed by atoms with Gasteiger partial charge in [-0.15, -0.1) is 0 Å². The van der Waals surface area contributed by atoms with Crippen molar-refractivity contribution in [2.75, 3.05) is 0 Å². The van der Waals surface area contributed by atoms with E-state index >= 15 is 0 Å². The van der Waals surface area contributed by atoms with Crippen molar-refractivity contribution < 1.29 is 17.9 Å². The summed E-state index contributed by atoms with van der Waals surface area (Å²) >= 11 is 11.5. The van der Waals surface area contributed by atoms with Crippen LogP contribution >= 0.6 is 23.2 Å². The van der Waals surface area contributed by atoms with E-state index in [1.807, 2.05) is 0 Å². The normalized spacial score (nSPS) is 11.5. The van der Waals surface area contributed by atoms with Crippen LogP contribution < -0.4 is 4.74 Å². The molecule has 1 heterocycles. The number of nitrogens with zero attached hydrogens (tertiary/aromatic N) is 1. The molecule has 0 amide bonds. The van der Waals surface area contributed by atoms with Crippen LogP contribution in [0.25, 0.3) is 0 Å². The first-order chi connectivity index (χ1) is 9.25. The van der Waals surface area contributed by atoms with E-state index < -0.39 is 11.7 Å². The van der Waals surface area contributed by atoms with E-state index in [0.29, 0.717) is 0 Å². The van der Waals surface area contributed by atoms with E-state index in [2.05, 4.69) is 4.98 Å². The second-order valence-corrected chi connectivity index (χ2v) is 4.84. The number of hydrogen-bond donors (Lipinski definition) is 0. The largest absolute Gasteiger partial charge is 0.437 e. The Bertz CT molecular complexity index is 644. The maximum Gasteiger partial charge on any atom is 0.416 e. The number of aromatic nitrogens is 1. The molecule has 0 aliphatic rings. The fourth-order valence-corrected chi connectivity index (χ4v) is 1.85. The highest BCUT2D eigenvalue weighted by Gasteiger charge is 2.32. The van der Waals surface area contributed by atoms with Gasteiger partial charge in [-0.25, -0.2) is 4.98 Å². The van der Waals surface area contributed by atoms with Crippen LogP contribution in [0.5, 0.6) is 11.6 Å². The molecule has 0 aliphatic heterocycles. The first-order valence-electron chi connectivity index (χ1n) is 5.44. The van der Waals surface area contributed by atoms with Gasteiger partial charge in [0, 0.05) is 6.07 Å². The number of rotatable bonds is 2. The zero-order valence-electron chi connectivity index (χ0n) is 10.1. The van der Waals surface area contributed by atoms with E-state index in [9.17, 15) is 13.2 Å². The van der Waals surface area contributed by atoms with E-state index in [0.717, 1.165) is 17.7 Å². The first kappa shape index (κ1) is 14.9. The zero-order valence-corrected chi connectivity index (χ0v) is 11.6. The number of benzene rings is 1. The molecule has 1 aromatic heterocycles. The molecule has 0 saturated carbocycles. The molecule has 1 aromatic carbocycles. The lowest BCUT2D eigenvalue weighted by Gasteiger charge is -2.11. The van der Waals surface area contributed by atoms with E-state index in [1.54, 1.807) is 25.1 Å². The highest BCUT2D eigenvalue weighted by atomic mass is 35.5. The molecule has 0 fully saturated rings. The fraction of sp³-hybridized carbons (Fsp3) is 0.154. The standard InChI is InChI=1S/C13H8Cl2F3NO/c1-7-2-3-9(14)10(4-7)20-12-6-8(13(16,17)18)5-11(15)19-12/h2-6H,1H3. The van der Waals surface area contributed by atoms with Gasteiger partial charge in [0.05, 0.1) is 10.6 Å². The number of aryl methyl sites for hydroxylation is 1. The minimum atomic E-state index is -4.53. The number of alkyl halides is 3. The molecule has 20 heavy (non-hydrogen) atoms. The van der Waals surface area contributed by atoms with Crippen molar-refractivity contribution >= 4 is 23.2 Å². The van der Waals surface area contributed by atoms with Crippen LogP contribution in [-0.2, 0) is 6.18 Å². The van der Waals surface area contributed by atoms with Gasteiger partial charge in [0.25, 0.3) is 0 Å². The van der Waals surface area contributed by atoms with E-state index in [1.165, 1.54) is 0 Å². The van der Waals surface area contributed by atoms with Crippen LogP contribution in [-0.4, -0.2) is 4.98 Å². The SMILES string of the molecule is Cc1ccc(Cl)c(Oc2cc(C(F)(F)F)cc(Cl)n2)c1. The van der Waals surface area contributed by atoms with Gasteiger partial charge in [-0.2, -0.15) is 13.2 Å². The minimum Gasteiger partial charge on any atom is -0.437 e. The minimum absolute atomic E-state index is 0.217. The molecule has 0 N–H and O–H groups in total. The zero-order chi connectivity index (χ0) is 14.9. The Labute approximate surface area is 123 Å². The Kier molecular flexibility index (Phi) is 4.11. The lowest BCUT2D eigenvalue weighted by molar-refractivity contribution is -0.137. The summed E-state index contributed by atoms with van der Waals surface area (Å²) in [5.74, 6) is -0.0492. The third-order valence-electron chi connectivity index (χ3n) is 2.40. The third kappa shape index (κ3) is 3.55. The quantitative estimate of drug-likeness (QED) is 0.680. The fourth-order valence-electron chi connectivity index (χ4n) is 1.49. The second kappa shape index (κ2) is 5.50. The van der Waals surface area contributed by atoms with Crippen LogP contribution in [0, 0.1) is 6.92 Å². The molecule has 2 rings (SSSR count). The van der Waals surface area contributed by atoms with Crippen molar-refractivity contribution in [3.8, 4) is 11.6 Å². The molecule has 106 valence electrons. The monoisotopic (exact) mass is 321 g/mol. The number of halogens is 5. The molecular formula is C13H8Cl2F3NO. The molecule has 0 aliphatic carbocycles. The summed E-state index contributed by atoms with van der Waals surface area (Å²) in [5.41, 5.74) is -0.0845. The van der Waals surface area contributed by atoms with Gasteiger partial charge < -0.3 is 4.74 Å². The average Bonchev–Trinajstić information content (AvgIpc) is 2.32. The van der Waals surface area contributed by atoms with Crippen molar-refractivity contribution in [3.63, 3.8) is 0 Å². The predicted octanol–water partition coefficient (Wildman–Crippen LogP) is 5.51. The van der Waals surface area contributed by atoms with E-state index in [-0.39, 0.29) is 21.8 Å². The summed E-state index contributed by atoms with van der Waals surface area (Å²) in [6.45, 7) is 1.80. The summed E-state index contributed by atoms with van der Waals surface area (Å²) in [4.78, 5) is 3.70. The van der Waals surface area contributed by atoms with Crippen LogP contribution in [0.1, 0.15) is 11.1 Å². The summed E-state index contributed by atoms with van der Waals surface area (Å²) < 4.78 is 43.3. The maximum absolute atomic E-state index is 12.7. The Morgan fingerprint density at radius 1 is 1.10 bits per heavy atom. The summed E-state index contributed by atoms with van der Waals surface area (Å²) in [6, 6.07) is 6.43. The molecule has 0 saturated heterocycles. The van der Waals surface area contributed by atoms with Gasteiger partial charge in [0.2, 0.25) is 5.88 Å². The highest BCUT2D eigenvalue weighted by Crippen LogP contribution is 2.35. The summed E-state index contributed by atoms with van der Waals surface area (Å²) in [6.07, 6.45) is -4.53. The first-order valence-corrected chi connectivity index (χ1v) is 6.20. The van der Waals surface area contributed by atoms with Crippen molar-refractivity contribution in [3.05, 3.63) is 51.6 Å². The molecule has 2 nitrogen and oxygen atoms in total. The Morgan fingerprint density at radius 3 is 2.45 bits per heavy atom.